The number of rotatable bonds is 9. The minimum Gasteiger partial charge on any atom is -0.462 e. The number of nitrogens with one attached hydrogen (secondary N) is 3. The van der Waals surface area contributed by atoms with Gasteiger partial charge in [-0.25, -0.2) is 9.59 Å². The molecule has 10 nitrogen and oxygen atoms in total. The second-order valence-corrected chi connectivity index (χ2v) is 12.4. The van der Waals surface area contributed by atoms with Crippen LogP contribution in [0.5, 0.6) is 0 Å². The average Bonchev–Trinajstić information content (AvgIpc) is 3.41. The quantitative estimate of drug-likeness (QED) is 0.198. The third-order valence-electron chi connectivity index (χ3n) is 8.71. The summed E-state index contributed by atoms with van der Waals surface area (Å²) >= 11 is 0. The lowest BCUT2D eigenvalue weighted by Gasteiger charge is -2.22. The summed E-state index contributed by atoms with van der Waals surface area (Å²) in [5.41, 5.74) is 5.40. The molecular weight excluding hydrogens is 610 g/mol. The van der Waals surface area contributed by atoms with Crippen molar-refractivity contribution in [3.8, 4) is 11.1 Å². The first-order valence-corrected chi connectivity index (χ1v) is 16.5. The predicted octanol–water partition coefficient (Wildman–Crippen LogP) is 4.41. The van der Waals surface area contributed by atoms with Crippen molar-refractivity contribution in [3.05, 3.63) is 108 Å². The van der Waals surface area contributed by atoms with Gasteiger partial charge in [-0.15, -0.1) is 0 Å². The van der Waals surface area contributed by atoms with Gasteiger partial charge in [0, 0.05) is 12.3 Å². The molecule has 4 atom stereocenters. The van der Waals surface area contributed by atoms with Gasteiger partial charge < -0.3 is 30.5 Å². The van der Waals surface area contributed by atoms with E-state index in [2.05, 4.69) is 28.1 Å². The molecule has 0 saturated carbocycles. The monoisotopic (exact) mass is 653 g/mol. The number of alkyl carbamates (subject to hydrolysis) is 1. The Balaban J connectivity index is 1.16. The molecule has 48 heavy (non-hydrogen) atoms. The zero-order chi connectivity index (χ0) is 33.9. The fourth-order valence-corrected chi connectivity index (χ4v) is 6.24. The molecule has 0 fully saturated rings. The minimum atomic E-state index is -0.949. The first-order chi connectivity index (χ1) is 23.3. The van der Waals surface area contributed by atoms with Gasteiger partial charge in [-0.1, -0.05) is 91.0 Å². The zero-order valence-electron chi connectivity index (χ0n) is 27.1. The molecule has 5 rings (SSSR count). The Morgan fingerprint density at radius 3 is 2.31 bits per heavy atom. The molecule has 1 aliphatic heterocycles. The smallest absolute Gasteiger partial charge is 0.407 e. The van der Waals surface area contributed by atoms with Crippen molar-refractivity contribution in [1.82, 2.24) is 16.0 Å². The fourth-order valence-electron chi connectivity index (χ4n) is 6.24. The van der Waals surface area contributed by atoms with Gasteiger partial charge in [-0.2, -0.15) is 0 Å². The molecule has 2 aliphatic rings. The molecule has 0 spiro atoms. The van der Waals surface area contributed by atoms with E-state index in [0.29, 0.717) is 19.3 Å². The number of allylic oxidation sites excluding steroid dienone is 2. The summed E-state index contributed by atoms with van der Waals surface area (Å²) in [4.78, 5) is 52.1. The van der Waals surface area contributed by atoms with Crippen LogP contribution < -0.4 is 16.0 Å². The van der Waals surface area contributed by atoms with Crippen molar-refractivity contribution in [2.45, 2.75) is 63.1 Å². The molecule has 10 heteroatoms. The number of carbonyl (C=O) groups is 4. The van der Waals surface area contributed by atoms with E-state index in [-0.39, 0.29) is 50.4 Å². The second kappa shape index (κ2) is 16.7. The number of hydrogen-bond donors (Lipinski definition) is 4. The number of cyclic esters (lactones) is 1. The number of carbonyl (C=O) groups excluding carboxylic acids is 4. The van der Waals surface area contributed by atoms with Crippen molar-refractivity contribution in [2.24, 2.45) is 5.92 Å². The number of fused-ring (bicyclic) bond motifs is 3. The molecule has 4 N–H and O–H groups in total. The van der Waals surface area contributed by atoms with Crippen molar-refractivity contribution in [3.63, 3.8) is 0 Å². The van der Waals surface area contributed by atoms with Gasteiger partial charge >= 0.3 is 12.1 Å². The Morgan fingerprint density at radius 2 is 1.62 bits per heavy atom. The number of aliphatic hydroxyl groups excluding tert-OH is 1. The predicted molar refractivity (Wildman–Crippen MR) is 181 cm³/mol. The van der Waals surface area contributed by atoms with Crippen LogP contribution in [0.4, 0.5) is 4.79 Å². The van der Waals surface area contributed by atoms with Gasteiger partial charge in [0.1, 0.15) is 19.3 Å². The summed E-state index contributed by atoms with van der Waals surface area (Å²) in [7, 11) is 0. The standard InChI is InChI=1S/C38H43N3O7/c1-25-23-47-37(45)34(41-38(46)48-24-33-31-17-10-8-15-29(31)30-16-9-11-18-32(30)33)19-7-3-6-14-27(36(44)39-25)21-35(43)40-28(22-42)20-26-12-4-2-5-13-26/h2-6,8-13,15-18,25,27-28,33-34,42H,7,14,19-24H2,1H3,(H,39,44)(H,40,43)(H,41,46)/t25-,27+,28+,34-/m0/s1. The Morgan fingerprint density at radius 1 is 0.958 bits per heavy atom. The zero-order valence-corrected chi connectivity index (χ0v) is 27.1. The third kappa shape index (κ3) is 9.10. The summed E-state index contributed by atoms with van der Waals surface area (Å²) < 4.78 is 11.1. The largest absolute Gasteiger partial charge is 0.462 e. The summed E-state index contributed by atoms with van der Waals surface area (Å²) in [6, 6.07) is 23.7. The Labute approximate surface area is 280 Å². The van der Waals surface area contributed by atoms with Crippen LogP contribution in [0.3, 0.4) is 0 Å². The number of esters is 1. The lowest BCUT2D eigenvalue weighted by Crippen LogP contribution is -2.45. The molecule has 0 saturated heterocycles. The number of aliphatic hydroxyl groups is 1. The molecule has 252 valence electrons. The highest BCUT2D eigenvalue weighted by Gasteiger charge is 2.30. The van der Waals surface area contributed by atoms with Gasteiger partial charge in [-0.3, -0.25) is 9.59 Å². The van der Waals surface area contributed by atoms with E-state index < -0.39 is 36.1 Å². The topological polar surface area (TPSA) is 143 Å². The van der Waals surface area contributed by atoms with Crippen LogP contribution in [0.15, 0.2) is 91.0 Å². The average molecular weight is 654 g/mol. The van der Waals surface area contributed by atoms with Crippen LogP contribution in [-0.4, -0.2) is 66.9 Å². The van der Waals surface area contributed by atoms with Gasteiger partial charge in [-0.05, 0) is 60.4 Å². The molecule has 1 heterocycles. The van der Waals surface area contributed by atoms with Crippen molar-refractivity contribution in [1.29, 1.82) is 0 Å². The Bertz CT molecular complexity index is 1560. The van der Waals surface area contributed by atoms with E-state index in [1.807, 2.05) is 78.9 Å². The van der Waals surface area contributed by atoms with E-state index >= 15 is 0 Å². The SMILES string of the molecule is C[C@H]1COC(=O)[C@@H](NC(=O)OCC2c3ccccc3-c3ccccc32)CCC=CC[C@H](CC(=O)N[C@@H](CO)Cc2ccccc2)C(=O)N1. The van der Waals surface area contributed by atoms with E-state index in [1.54, 1.807) is 6.92 Å². The van der Waals surface area contributed by atoms with Crippen LogP contribution in [-0.2, 0) is 30.3 Å². The maximum atomic E-state index is 13.1. The molecule has 0 aromatic heterocycles. The first kappa shape index (κ1) is 34.4. The van der Waals surface area contributed by atoms with Crippen LogP contribution in [0.25, 0.3) is 11.1 Å². The Hall–Kier alpha value is -4.96. The van der Waals surface area contributed by atoms with Gasteiger partial charge in [0.2, 0.25) is 11.8 Å². The van der Waals surface area contributed by atoms with Crippen LogP contribution in [0.1, 0.15) is 55.2 Å². The Kier molecular flexibility index (Phi) is 12.0. The summed E-state index contributed by atoms with van der Waals surface area (Å²) in [6.07, 6.45) is 4.30. The number of ether oxygens (including phenoxy) is 2. The highest BCUT2D eigenvalue weighted by atomic mass is 16.6. The van der Waals surface area contributed by atoms with Crippen molar-refractivity contribution in [2.75, 3.05) is 19.8 Å². The molecule has 0 radical (unpaired) electrons. The maximum Gasteiger partial charge on any atom is 0.407 e. The third-order valence-corrected chi connectivity index (χ3v) is 8.71. The van der Waals surface area contributed by atoms with Crippen molar-refractivity contribution < 1.29 is 33.8 Å². The van der Waals surface area contributed by atoms with E-state index in [0.717, 1.165) is 27.8 Å². The molecule has 3 aromatic rings. The van der Waals surface area contributed by atoms with Crippen LogP contribution >= 0.6 is 0 Å². The van der Waals surface area contributed by atoms with Crippen LogP contribution in [0.2, 0.25) is 0 Å². The number of amides is 3. The summed E-state index contributed by atoms with van der Waals surface area (Å²) in [6.45, 7) is 1.48. The lowest BCUT2D eigenvalue weighted by molar-refractivity contribution is -0.147. The molecule has 0 unspecified atom stereocenters. The highest BCUT2D eigenvalue weighted by Crippen LogP contribution is 2.44. The number of benzene rings is 3. The van der Waals surface area contributed by atoms with E-state index in [1.165, 1.54) is 0 Å². The van der Waals surface area contributed by atoms with Gasteiger partial charge in [0.05, 0.1) is 24.6 Å². The summed E-state index contributed by atoms with van der Waals surface area (Å²) in [5, 5.41) is 18.2. The molecule has 3 aromatic carbocycles. The second-order valence-electron chi connectivity index (χ2n) is 12.4. The molecule has 0 bridgehead atoms. The minimum absolute atomic E-state index is 0.0695. The highest BCUT2D eigenvalue weighted by molar-refractivity contribution is 5.86. The fraction of sp³-hybridized carbons (Fsp3) is 0.368. The molecule has 1 aliphatic carbocycles. The lowest BCUT2D eigenvalue weighted by atomic mass is 9.98. The molecular formula is C38H43N3O7. The van der Waals surface area contributed by atoms with Gasteiger partial charge in [0.15, 0.2) is 0 Å². The number of hydrogen-bond acceptors (Lipinski definition) is 7. The normalized spacial score (nSPS) is 20.4. The van der Waals surface area contributed by atoms with E-state index in [9.17, 15) is 24.3 Å². The van der Waals surface area contributed by atoms with Crippen molar-refractivity contribution >= 4 is 23.9 Å². The first-order valence-electron chi connectivity index (χ1n) is 16.5. The van der Waals surface area contributed by atoms with Gasteiger partial charge in [0.25, 0.3) is 0 Å². The molecule has 3 amide bonds. The maximum absolute atomic E-state index is 13.1. The summed E-state index contributed by atoms with van der Waals surface area (Å²) in [5.74, 6) is -2.08. The van der Waals surface area contributed by atoms with E-state index in [4.69, 9.17) is 9.47 Å². The van der Waals surface area contributed by atoms with Crippen LogP contribution in [0, 0.1) is 5.92 Å².